The van der Waals surface area contributed by atoms with E-state index in [1.54, 1.807) is 0 Å². The van der Waals surface area contributed by atoms with Crippen LogP contribution in [0.25, 0.3) is 0 Å². The van der Waals surface area contributed by atoms with Crippen molar-refractivity contribution in [3.63, 3.8) is 0 Å². The summed E-state index contributed by atoms with van der Waals surface area (Å²) in [5, 5.41) is 0. The Morgan fingerprint density at radius 2 is 1.94 bits per heavy atom. The number of hydrogen-bond acceptors (Lipinski definition) is 1. The molecule has 0 aromatic heterocycles. The van der Waals surface area contributed by atoms with Crippen LogP contribution in [0.3, 0.4) is 0 Å². The molecule has 0 bridgehead atoms. The molecule has 1 aromatic rings. The van der Waals surface area contributed by atoms with Crippen molar-refractivity contribution in [1.82, 2.24) is 0 Å². The molecular formula is C15H22O. The van der Waals surface area contributed by atoms with Gasteiger partial charge in [0.2, 0.25) is 0 Å². The van der Waals surface area contributed by atoms with Crippen LogP contribution in [0.5, 0.6) is 0 Å². The Morgan fingerprint density at radius 3 is 2.62 bits per heavy atom. The second-order valence-corrected chi connectivity index (χ2v) is 6.06. The van der Waals surface area contributed by atoms with E-state index >= 15 is 0 Å². The zero-order valence-electron chi connectivity index (χ0n) is 10.8. The fourth-order valence-electron chi connectivity index (χ4n) is 2.23. The molecule has 0 radical (unpaired) electrons. The van der Waals surface area contributed by atoms with Crippen LogP contribution in [0, 0.1) is 5.92 Å². The zero-order chi connectivity index (χ0) is 11.8. The normalized spacial score (nSPS) is 21.4. The van der Waals surface area contributed by atoms with Gasteiger partial charge in [-0.3, -0.25) is 0 Å². The standard InChI is InChI=1S/C15H22O/c1-11-7-12-5-6-14(15(2,3)4)8-13(12)10-16-9-11/h5-6,8,11H,7,9-10H2,1-4H3/t11-/m1/s1. The fraction of sp³-hybridized carbons (Fsp3) is 0.600. The van der Waals surface area contributed by atoms with Gasteiger partial charge in [0, 0.05) is 6.61 Å². The second-order valence-electron chi connectivity index (χ2n) is 6.06. The maximum atomic E-state index is 5.70. The quantitative estimate of drug-likeness (QED) is 0.645. The number of hydrogen-bond donors (Lipinski definition) is 0. The minimum atomic E-state index is 0.229. The van der Waals surface area contributed by atoms with Gasteiger partial charge in [-0.2, -0.15) is 0 Å². The van der Waals surface area contributed by atoms with E-state index in [0.29, 0.717) is 5.92 Å². The van der Waals surface area contributed by atoms with E-state index < -0.39 is 0 Å². The van der Waals surface area contributed by atoms with Gasteiger partial charge in [-0.1, -0.05) is 45.9 Å². The lowest BCUT2D eigenvalue weighted by atomic mass is 9.84. The summed E-state index contributed by atoms with van der Waals surface area (Å²) >= 11 is 0. The molecule has 0 spiro atoms. The highest BCUT2D eigenvalue weighted by molar-refractivity contribution is 5.35. The van der Waals surface area contributed by atoms with Crippen LogP contribution in [0.4, 0.5) is 0 Å². The van der Waals surface area contributed by atoms with Crippen molar-refractivity contribution in [2.75, 3.05) is 6.61 Å². The topological polar surface area (TPSA) is 9.23 Å². The summed E-state index contributed by atoms with van der Waals surface area (Å²) in [7, 11) is 0. The van der Waals surface area contributed by atoms with Crippen LogP contribution in [0.15, 0.2) is 18.2 Å². The van der Waals surface area contributed by atoms with Crippen LogP contribution in [0.1, 0.15) is 44.4 Å². The van der Waals surface area contributed by atoms with Crippen molar-refractivity contribution in [2.24, 2.45) is 5.92 Å². The molecule has 1 nitrogen and oxygen atoms in total. The highest BCUT2D eigenvalue weighted by atomic mass is 16.5. The van der Waals surface area contributed by atoms with E-state index in [1.165, 1.54) is 16.7 Å². The predicted octanol–water partition coefficient (Wildman–Crippen LogP) is 3.69. The van der Waals surface area contributed by atoms with Gasteiger partial charge in [-0.15, -0.1) is 0 Å². The second kappa shape index (κ2) is 4.21. The summed E-state index contributed by atoms with van der Waals surface area (Å²) in [5.74, 6) is 0.640. The Bertz CT molecular complexity index is 374. The largest absolute Gasteiger partial charge is 0.376 e. The van der Waals surface area contributed by atoms with Gasteiger partial charge >= 0.3 is 0 Å². The third-order valence-corrected chi connectivity index (χ3v) is 3.30. The molecule has 2 rings (SSSR count). The summed E-state index contributed by atoms with van der Waals surface area (Å²) in [6, 6.07) is 6.89. The first-order valence-electron chi connectivity index (χ1n) is 6.17. The molecule has 0 saturated carbocycles. The highest BCUT2D eigenvalue weighted by Gasteiger charge is 2.18. The Labute approximate surface area is 98.8 Å². The molecule has 0 fully saturated rings. The maximum absolute atomic E-state index is 5.70. The maximum Gasteiger partial charge on any atom is 0.0719 e. The van der Waals surface area contributed by atoms with Crippen molar-refractivity contribution in [2.45, 2.75) is 46.1 Å². The van der Waals surface area contributed by atoms with E-state index in [4.69, 9.17) is 4.74 Å². The molecule has 1 aliphatic rings. The number of fused-ring (bicyclic) bond motifs is 1. The van der Waals surface area contributed by atoms with Gasteiger partial charge < -0.3 is 4.74 Å². The summed E-state index contributed by atoms with van der Waals surface area (Å²) in [4.78, 5) is 0. The first kappa shape index (κ1) is 11.7. The molecule has 0 amide bonds. The van der Waals surface area contributed by atoms with E-state index in [1.807, 2.05) is 0 Å². The molecule has 1 atom stereocenters. The first-order chi connectivity index (χ1) is 7.47. The third-order valence-electron chi connectivity index (χ3n) is 3.30. The lowest BCUT2D eigenvalue weighted by Crippen LogP contribution is -2.12. The van der Waals surface area contributed by atoms with Gasteiger partial charge in [0.05, 0.1) is 6.61 Å². The number of benzene rings is 1. The summed E-state index contributed by atoms with van der Waals surface area (Å²) in [5.41, 5.74) is 4.49. The van der Waals surface area contributed by atoms with Crippen molar-refractivity contribution in [3.8, 4) is 0 Å². The van der Waals surface area contributed by atoms with Crippen molar-refractivity contribution >= 4 is 0 Å². The molecule has 1 heterocycles. The molecule has 0 aliphatic carbocycles. The average molecular weight is 218 g/mol. The van der Waals surface area contributed by atoms with Crippen molar-refractivity contribution < 1.29 is 4.74 Å². The van der Waals surface area contributed by atoms with Gasteiger partial charge in [0.1, 0.15) is 0 Å². The molecule has 1 aliphatic heterocycles. The van der Waals surface area contributed by atoms with Crippen LogP contribution >= 0.6 is 0 Å². The third kappa shape index (κ3) is 2.46. The van der Waals surface area contributed by atoms with E-state index in [-0.39, 0.29) is 5.41 Å². The van der Waals surface area contributed by atoms with E-state index in [2.05, 4.69) is 45.9 Å². The smallest absolute Gasteiger partial charge is 0.0719 e. The summed E-state index contributed by atoms with van der Waals surface area (Å²) in [6.07, 6.45) is 1.15. The average Bonchev–Trinajstić information content (AvgIpc) is 2.35. The summed E-state index contributed by atoms with van der Waals surface area (Å²) in [6.45, 7) is 10.7. The van der Waals surface area contributed by atoms with Crippen molar-refractivity contribution in [3.05, 3.63) is 34.9 Å². The molecule has 88 valence electrons. The number of rotatable bonds is 0. The molecule has 1 aromatic carbocycles. The van der Waals surface area contributed by atoms with Gasteiger partial charge in [0.25, 0.3) is 0 Å². The molecule has 1 heteroatoms. The molecule has 0 unspecified atom stereocenters. The minimum Gasteiger partial charge on any atom is -0.376 e. The van der Waals surface area contributed by atoms with Gasteiger partial charge in [0.15, 0.2) is 0 Å². The molecule has 16 heavy (non-hydrogen) atoms. The van der Waals surface area contributed by atoms with E-state index in [0.717, 1.165) is 19.6 Å². The van der Waals surface area contributed by atoms with E-state index in [9.17, 15) is 0 Å². The minimum absolute atomic E-state index is 0.229. The van der Waals surface area contributed by atoms with Crippen LogP contribution in [-0.2, 0) is 23.2 Å². The van der Waals surface area contributed by atoms with Crippen molar-refractivity contribution in [1.29, 1.82) is 0 Å². The SMILES string of the molecule is C[C@H]1COCc2cc(C(C)(C)C)ccc2C1. The monoisotopic (exact) mass is 218 g/mol. The van der Waals surface area contributed by atoms with Crippen LogP contribution < -0.4 is 0 Å². The molecule has 0 saturated heterocycles. The Morgan fingerprint density at radius 1 is 1.19 bits per heavy atom. The number of ether oxygens (including phenoxy) is 1. The van der Waals surface area contributed by atoms with Crippen LogP contribution in [0.2, 0.25) is 0 Å². The lowest BCUT2D eigenvalue weighted by Gasteiger charge is -2.21. The molecule has 0 N–H and O–H groups in total. The van der Waals surface area contributed by atoms with Gasteiger partial charge in [-0.05, 0) is 34.4 Å². The summed E-state index contributed by atoms with van der Waals surface area (Å²) < 4.78 is 5.70. The van der Waals surface area contributed by atoms with Crippen LogP contribution in [-0.4, -0.2) is 6.61 Å². The predicted molar refractivity (Wildman–Crippen MR) is 67.7 cm³/mol. The van der Waals surface area contributed by atoms with Gasteiger partial charge in [-0.25, -0.2) is 0 Å². The Balaban J connectivity index is 2.35. The first-order valence-corrected chi connectivity index (χ1v) is 6.17. The Kier molecular flexibility index (Phi) is 3.07. The highest BCUT2D eigenvalue weighted by Crippen LogP contribution is 2.27. The zero-order valence-corrected chi connectivity index (χ0v) is 10.8. The fourth-order valence-corrected chi connectivity index (χ4v) is 2.23. The Hall–Kier alpha value is -0.820. The lowest BCUT2D eigenvalue weighted by molar-refractivity contribution is 0.100. The molecular weight excluding hydrogens is 196 g/mol.